The monoisotopic (exact) mass is 465 g/mol. The first-order valence-electron chi connectivity index (χ1n) is 11.8. The zero-order chi connectivity index (χ0) is 24.4. The number of rotatable bonds is 8. The summed E-state index contributed by atoms with van der Waals surface area (Å²) in [6.45, 7) is 5.25. The summed E-state index contributed by atoms with van der Waals surface area (Å²) >= 11 is 0. The van der Waals surface area contributed by atoms with Gasteiger partial charge >= 0.3 is 0 Å². The van der Waals surface area contributed by atoms with E-state index in [0.717, 1.165) is 27.7 Å². The average Bonchev–Trinajstić information content (AvgIpc) is 3.54. The molecule has 0 bridgehead atoms. The van der Waals surface area contributed by atoms with E-state index in [1.165, 1.54) is 0 Å². The summed E-state index contributed by atoms with van der Waals surface area (Å²) in [4.78, 5) is 21.8. The number of nitrogens with zero attached hydrogens (tertiary/aromatic N) is 5. The highest BCUT2D eigenvalue weighted by atomic mass is 16.3. The number of aryl methyl sites for hydroxylation is 2. The Morgan fingerprint density at radius 1 is 0.914 bits per heavy atom. The Bertz CT molecular complexity index is 1430. The van der Waals surface area contributed by atoms with Crippen molar-refractivity contribution in [3.05, 3.63) is 114 Å². The zero-order valence-corrected chi connectivity index (χ0v) is 19.8. The standard InChI is InChI=1S/C28H27N5O2/c1-3-32-19-29-26(31-32)25(34)18-20-15-16-23-24(17-20)33(4-2)27(30-23)28(35,21-11-7-5-8-12-21)22-13-9-6-10-14-22/h5-17,19,35H,3-4,18H2,1-2H3. The van der Waals surface area contributed by atoms with Crippen LogP contribution in [0.15, 0.2) is 85.2 Å². The van der Waals surface area contributed by atoms with Crippen LogP contribution in [0.3, 0.4) is 0 Å². The van der Waals surface area contributed by atoms with Crippen molar-refractivity contribution in [3.8, 4) is 0 Å². The lowest BCUT2D eigenvalue weighted by Gasteiger charge is -2.29. The quantitative estimate of drug-likeness (QED) is 0.344. The van der Waals surface area contributed by atoms with Gasteiger partial charge < -0.3 is 9.67 Å². The molecule has 7 heteroatoms. The molecule has 0 atom stereocenters. The predicted octanol–water partition coefficient (Wildman–Crippen LogP) is 4.38. The molecule has 3 aromatic carbocycles. The molecular formula is C28H27N5O2. The van der Waals surface area contributed by atoms with Gasteiger partial charge in [0.1, 0.15) is 6.33 Å². The molecule has 2 heterocycles. The van der Waals surface area contributed by atoms with Gasteiger partial charge in [-0.2, -0.15) is 0 Å². The second-order valence-electron chi connectivity index (χ2n) is 8.47. The van der Waals surface area contributed by atoms with Crippen molar-refractivity contribution < 1.29 is 9.90 Å². The minimum Gasteiger partial charge on any atom is -0.373 e. The third-order valence-electron chi connectivity index (χ3n) is 6.31. The smallest absolute Gasteiger partial charge is 0.217 e. The van der Waals surface area contributed by atoms with Gasteiger partial charge in [0.15, 0.2) is 11.4 Å². The molecule has 0 unspecified atom stereocenters. The van der Waals surface area contributed by atoms with Crippen LogP contribution < -0.4 is 0 Å². The van der Waals surface area contributed by atoms with E-state index in [2.05, 4.69) is 10.1 Å². The largest absolute Gasteiger partial charge is 0.373 e. The molecule has 7 nitrogen and oxygen atoms in total. The lowest BCUT2D eigenvalue weighted by Crippen LogP contribution is -2.32. The van der Waals surface area contributed by atoms with Crippen LogP contribution in [0.4, 0.5) is 0 Å². The average molecular weight is 466 g/mol. The first kappa shape index (κ1) is 22.7. The number of benzene rings is 3. The van der Waals surface area contributed by atoms with Crippen LogP contribution in [0.2, 0.25) is 0 Å². The van der Waals surface area contributed by atoms with Crippen molar-refractivity contribution in [1.82, 2.24) is 24.3 Å². The molecule has 2 aromatic heterocycles. The zero-order valence-electron chi connectivity index (χ0n) is 19.8. The normalized spacial score (nSPS) is 11.7. The van der Waals surface area contributed by atoms with Crippen LogP contribution in [0, 0.1) is 0 Å². The molecule has 0 saturated heterocycles. The SMILES string of the molecule is CCn1cnc(C(=O)Cc2ccc3nc(C(O)(c4ccccc4)c4ccccc4)n(CC)c3c2)n1. The number of fused-ring (bicyclic) bond motifs is 1. The Morgan fingerprint density at radius 2 is 1.57 bits per heavy atom. The predicted molar refractivity (Wildman–Crippen MR) is 134 cm³/mol. The number of carbonyl (C=O) groups excluding carboxylic acids is 1. The van der Waals surface area contributed by atoms with E-state index in [1.54, 1.807) is 11.0 Å². The van der Waals surface area contributed by atoms with Crippen LogP contribution in [-0.4, -0.2) is 35.2 Å². The van der Waals surface area contributed by atoms with Gasteiger partial charge in [-0.1, -0.05) is 66.7 Å². The lowest BCUT2D eigenvalue weighted by atomic mass is 9.85. The Balaban J connectivity index is 1.60. The van der Waals surface area contributed by atoms with Gasteiger partial charge in [-0.15, -0.1) is 5.10 Å². The maximum absolute atomic E-state index is 12.8. The Kier molecular flexibility index (Phi) is 6.01. The van der Waals surface area contributed by atoms with E-state index in [-0.39, 0.29) is 18.0 Å². The van der Waals surface area contributed by atoms with Crippen molar-refractivity contribution in [2.45, 2.75) is 39.0 Å². The maximum atomic E-state index is 12.8. The minimum atomic E-state index is -1.44. The van der Waals surface area contributed by atoms with Crippen LogP contribution in [-0.2, 0) is 25.1 Å². The molecule has 0 spiro atoms. The maximum Gasteiger partial charge on any atom is 0.217 e. The molecule has 0 aliphatic rings. The Labute approximate surface area is 203 Å². The molecular weight excluding hydrogens is 438 g/mol. The third-order valence-corrected chi connectivity index (χ3v) is 6.31. The number of ketones is 1. The summed E-state index contributed by atoms with van der Waals surface area (Å²) in [6, 6.07) is 25.0. The van der Waals surface area contributed by atoms with E-state index < -0.39 is 5.60 Å². The third kappa shape index (κ3) is 4.04. The number of imidazole rings is 1. The Hall–Kier alpha value is -4.10. The summed E-state index contributed by atoms with van der Waals surface area (Å²) in [7, 11) is 0. The van der Waals surface area contributed by atoms with Gasteiger partial charge in [-0.05, 0) is 42.7 Å². The first-order valence-corrected chi connectivity index (χ1v) is 11.8. The fraction of sp³-hybridized carbons (Fsp3) is 0.214. The van der Waals surface area contributed by atoms with E-state index in [9.17, 15) is 9.90 Å². The number of hydrogen-bond donors (Lipinski definition) is 1. The van der Waals surface area contributed by atoms with E-state index in [0.29, 0.717) is 18.9 Å². The van der Waals surface area contributed by atoms with Crippen LogP contribution in [0.5, 0.6) is 0 Å². The fourth-order valence-corrected chi connectivity index (χ4v) is 4.50. The van der Waals surface area contributed by atoms with Crippen LogP contribution in [0.25, 0.3) is 11.0 Å². The van der Waals surface area contributed by atoms with E-state index >= 15 is 0 Å². The first-order chi connectivity index (χ1) is 17.0. The van der Waals surface area contributed by atoms with Gasteiger partial charge in [0.2, 0.25) is 11.6 Å². The topological polar surface area (TPSA) is 85.8 Å². The number of aliphatic hydroxyl groups is 1. The molecule has 0 aliphatic heterocycles. The molecule has 1 N–H and O–H groups in total. The molecule has 0 aliphatic carbocycles. The molecule has 5 rings (SSSR count). The van der Waals surface area contributed by atoms with E-state index in [1.807, 2.05) is 97.3 Å². The summed E-state index contributed by atoms with van der Waals surface area (Å²) in [5.74, 6) is 0.628. The van der Waals surface area contributed by atoms with Gasteiger partial charge in [-0.25, -0.2) is 9.97 Å². The molecule has 176 valence electrons. The van der Waals surface area contributed by atoms with Crippen molar-refractivity contribution in [1.29, 1.82) is 0 Å². The van der Waals surface area contributed by atoms with Crippen molar-refractivity contribution >= 4 is 16.8 Å². The summed E-state index contributed by atoms with van der Waals surface area (Å²) < 4.78 is 3.66. The van der Waals surface area contributed by atoms with Gasteiger partial charge in [0.05, 0.1) is 11.0 Å². The summed E-state index contributed by atoms with van der Waals surface area (Å²) in [6.07, 6.45) is 1.76. The Morgan fingerprint density at radius 3 is 2.14 bits per heavy atom. The van der Waals surface area contributed by atoms with Gasteiger partial charge in [0, 0.05) is 19.5 Å². The second-order valence-corrected chi connectivity index (χ2v) is 8.47. The van der Waals surface area contributed by atoms with Crippen molar-refractivity contribution in [3.63, 3.8) is 0 Å². The molecule has 0 fully saturated rings. The minimum absolute atomic E-state index is 0.135. The number of carbonyl (C=O) groups is 1. The lowest BCUT2D eigenvalue weighted by molar-refractivity contribution is 0.0982. The van der Waals surface area contributed by atoms with E-state index in [4.69, 9.17) is 4.98 Å². The highest BCUT2D eigenvalue weighted by Gasteiger charge is 2.38. The molecule has 0 amide bonds. The fourth-order valence-electron chi connectivity index (χ4n) is 4.50. The highest BCUT2D eigenvalue weighted by Crippen LogP contribution is 2.37. The van der Waals surface area contributed by atoms with Crippen molar-refractivity contribution in [2.75, 3.05) is 0 Å². The number of Topliss-reactive ketones (excluding diaryl/α,β-unsaturated/α-hetero) is 1. The summed E-state index contributed by atoms with van der Waals surface area (Å²) in [5, 5.41) is 16.5. The van der Waals surface area contributed by atoms with Crippen LogP contribution >= 0.6 is 0 Å². The molecule has 5 aromatic rings. The van der Waals surface area contributed by atoms with Gasteiger partial charge in [-0.3, -0.25) is 9.48 Å². The number of aromatic nitrogens is 5. The van der Waals surface area contributed by atoms with Gasteiger partial charge in [0.25, 0.3) is 0 Å². The molecule has 0 saturated carbocycles. The number of hydrogen-bond acceptors (Lipinski definition) is 5. The second kappa shape index (κ2) is 9.27. The summed E-state index contributed by atoms with van der Waals surface area (Å²) in [5.41, 5.74) is 2.51. The molecule has 35 heavy (non-hydrogen) atoms. The molecule has 0 radical (unpaired) electrons. The van der Waals surface area contributed by atoms with Crippen molar-refractivity contribution in [2.24, 2.45) is 0 Å². The highest BCUT2D eigenvalue weighted by molar-refractivity contribution is 5.94. The van der Waals surface area contributed by atoms with Crippen LogP contribution in [0.1, 0.15) is 47.0 Å².